The molecule has 0 unspecified atom stereocenters. The molecule has 5 nitrogen and oxygen atoms in total. The maximum absolute atomic E-state index is 10.8. The van der Waals surface area contributed by atoms with Crippen LogP contribution in [0.15, 0.2) is 17.8 Å². The van der Waals surface area contributed by atoms with Gasteiger partial charge in [-0.15, -0.1) is 0 Å². The molecule has 2 rings (SSSR count). The summed E-state index contributed by atoms with van der Waals surface area (Å²) in [6.45, 7) is 2.84. The van der Waals surface area contributed by atoms with E-state index in [-0.39, 0.29) is 5.70 Å². The number of halogens is 1. The van der Waals surface area contributed by atoms with Gasteiger partial charge in [0.15, 0.2) is 11.5 Å². The van der Waals surface area contributed by atoms with Crippen molar-refractivity contribution in [1.29, 1.82) is 0 Å². The molecule has 0 atom stereocenters. The van der Waals surface area contributed by atoms with Crippen LogP contribution in [-0.4, -0.2) is 18.1 Å². The summed E-state index contributed by atoms with van der Waals surface area (Å²) in [7, 11) is 0. The third-order valence-corrected chi connectivity index (χ3v) is 3.04. The van der Waals surface area contributed by atoms with E-state index in [1.165, 1.54) is 6.08 Å². The van der Waals surface area contributed by atoms with Gasteiger partial charge in [0, 0.05) is 18.9 Å². The summed E-state index contributed by atoms with van der Waals surface area (Å²) in [5, 5.41) is 11.2. The fourth-order valence-electron chi connectivity index (χ4n) is 1.81. The van der Waals surface area contributed by atoms with E-state index in [1.54, 1.807) is 19.1 Å². The molecule has 0 saturated carbocycles. The maximum Gasteiger partial charge on any atom is 0.246 e. The number of ether oxygens (including phenoxy) is 2. The summed E-state index contributed by atoms with van der Waals surface area (Å²) in [6, 6.07) is 3.36. The fraction of sp³-hybridized carbons (Fsp3) is 0.385. The lowest BCUT2D eigenvalue weighted by atomic mass is 10.1. The molecule has 6 heteroatoms. The quantitative estimate of drug-likeness (QED) is 0.629. The van der Waals surface area contributed by atoms with Gasteiger partial charge in [0.1, 0.15) is 0 Å². The van der Waals surface area contributed by atoms with E-state index in [2.05, 4.69) is 0 Å². The minimum atomic E-state index is -0.392. The molecule has 0 saturated heterocycles. The molecule has 1 aromatic carbocycles. The molecular formula is C13H14ClNO4. The standard InChI is InChI=1S/C13H14ClNO4/c1-2-10(15(16)17)6-9-7-11(14)13-12(8-9)18-4-3-5-19-13/h6-8H,2-5H2,1H3/b10-6+. The van der Waals surface area contributed by atoms with Crippen LogP contribution in [0.4, 0.5) is 0 Å². The Hall–Kier alpha value is -1.75. The molecule has 1 aliphatic heterocycles. The molecule has 0 aromatic heterocycles. The molecule has 0 aliphatic carbocycles. The zero-order valence-electron chi connectivity index (χ0n) is 10.5. The largest absolute Gasteiger partial charge is 0.489 e. The summed E-state index contributed by atoms with van der Waals surface area (Å²) in [4.78, 5) is 10.4. The van der Waals surface area contributed by atoms with Gasteiger partial charge in [-0.1, -0.05) is 18.5 Å². The topological polar surface area (TPSA) is 61.6 Å². The highest BCUT2D eigenvalue weighted by Gasteiger charge is 2.16. The normalized spacial score (nSPS) is 14.9. The van der Waals surface area contributed by atoms with Crippen molar-refractivity contribution in [3.05, 3.63) is 38.5 Å². The third kappa shape index (κ3) is 3.17. The fourth-order valence-corrected chi connectivity index (χ4v) is 2.08. The maximum atomic E-state index is 10.8. The van der Waals surface area contributed by atoms with E-state index < -0.39 is 4.92 Å². The monoisotopic (exact) mass is 283 g/mol. The number of hydrogen-bond donors (Lipinski definition) is 0. The first-order valence-corrected chi connectivity index (χ1v) is 6.43. The summed E-state index contributed by atoms with van der Waals surface area (Å²) in [6.07, 6.45) is 2.63. The first-order chi connectivity index (χ1) is 9.11. The SMILES string of the molecule is CC/C(=C\c1cc(Cl)c2c(c1)OCCCO2)[N+](=O)[O-]. The van der Waals surface area contributed by atoms with E-state index in [1.807, 2.05) is 0 Å². The van der Waals surface area contributed by atoms with Crippen molar-refractivity contribution in [2.45, 2.75) is 19.8 Å². The smallest absolute Gasteiger partial charge is 0.246 e. The van der Waals surface area contributed by atoms with Crippen LogP contribution in [-0.2, 0) is 0 Å². The molecular weight excluding hydrogens is 270 g/mol. The lowest BCUT2D eigenvalue weighted by Gasteiger charge is -2.10. The van der Waals surface area contributed by atoms with Crippen LogP contribution in [0.1, 0.15) is 25.3 Å². The predicted molar refractivity (Wildman–Crippen MR) is 72.3 cm³/mol. The van der Waals surface area contributed by atoms with Gasteiger partial charge in [-0.05, 0) is 17.7 Å². The van der Waals surface area contributed by atoms with Crippen molar-refractivity contribution in [1.82, 2.24) is 0 Å². The van der Waals surface area contributed by atoms with Gasteiger partial charge in [0.05, 0.1) is 23.2 Å². The van der Waals surface area contributed by atoms with Crippen LogP contribution in [0.25, 0.3) is 6.08 Å². The van der Waals surface area contributed by atoms with Crippen LogP contribution in [0, 0.1) is 10.1 Å². The van der Waals surface area contributed by atoms with Crippen LogP contribution < -0.4 is 9.47 Å². The number of fused-ring (bicyclic) bond motifs is 1. The Morgan fingerprint density at radius 3 is 2.89 bits per heavy atom. The minimum Gasteiger partial charge on any atom is -0.489 e. The van der Waals surface area contributed by atoms with Crippen molar-refractivity contribution in [2.24, 2.45) is 0 Å². The first kappa shape index (κ1) is 13.7. The van der Waals surface area contributed by atoms with Crippen LogP contribution >= 0.6 is 11.6 Å². The molecule has 102 valence electrons. The van der Waals surface area contributed by atoms with Crippen LogP contribution in [0.5, 0.6) is 11.5 Å². The number of benzene rings is 1. The molecule has 1 aliphatic rings. The van der Waals surface area contributed by atoms with Crippen molar-refractivity contribution in [3.63, 3.8) is 0 Å². The Kier molecular flexibility index (Phi) is 4.27. The Labute approximate surface area is 115 Å². The average Bonchev–Trinajstić information content (AvgIpc) is 2.61. The predicted octanol–water partition coefficient (Wildman–Crippen LogP) is 3.53. The van der Waals surface area contributed by atoms with Gasteiger partial charge >= 0.3 is 0 Å². The number of nitro groups is 1. The van der Waals surface area contributed by atoms with Crippen LogP contribution in [0.3, 0.4) is 0 Å². The molecule has 0 N–H and O–H groups in total. The molecule has 0 amide bonds. The second-order valence-corrected chi connectivity index (χ2v) is 4.53. The molecule has 19 heavy (non-hydrogen) atoms. The summed E-state index contributed by atoms with van der Waals surface area (Å²) in [5.74, 6) is 1.05. The highest BCUT2D eigenvalue weighted by atomic mass is 35.5. The minimum absolute atomic E-state index is 0.130. The second kappa shape index (κ2) is 5.93. The van der Waals surface area contributed by atoms with Gasteiger partial charge in [0.2, 0.25) is 5.70 Å². The van der Waals surface area contributed by atoms with Gasteiger partial charge in [-0.3, -0.25) is 10.1 Å². The van der Waals surface area contributed by atoms with Gasteiger partial charge in [0.25, 0.3) is 0 Å². The van der Waals surface area contributed by atoms with Gasteiger partial charge in [-0.25, -0.2) is 0 Å². The van der Waals surface area contributed by atoms with E-state index in [0.29, 0.717) is 41.7 Å². The van der Waals surface area contributed by atoms with Gasteiger partial charge in [-0.2, -0.15) is 0 Å². The third-order valence-electron chi connectivity index (χ3n) is 2.75. The molecule has 0 radical (unpaired) electrons. The summed E-state index contributed by atoms with van der Waals surface area (Å²) in [5.41, 5.74) is 0.772. The molecule has 0 spiro atoms. The van der Waals surface area contributed by atoms with Crippen molar-refractivity contribution < 1.29 is 14.4 Å². The van der Waals surface area contributed by atoms with E-state index in [4.69, 9.17) is 21.1 Å². The first-order valence-electron chi connectivity index (χ1n) is 6.06. The molecule has 0 fully saturated rings. The number of allylic oxidation sites excluding steroid dienone is 1. The Morgan fingerprint density at radius 2 is 2.21 bits per heavy atom. The van der Waals surface area contributed by atoms with E-state index >= 15 is 0 Å². The van der Waals surface area contributed by atoms with E-state index in [0.717, 1.165) is 6.42 Å². The Balaban J connectivity index is 2.41. The van der Waals surface area contributed by atoms with Crippen LogP contribution in [0.2, 0.25) is 5.02 Å². The van der Waals surface area contributed by atoms with Crippen molar-refractivity contribution in [3.8, 4) is 11.5 Å². The van der Waals surface area contributed by atoms with Crippen molar-refractivity contribution >= 4 is 17.7 Å². The average molecular weight is 284 g/mol. The Morgan fingerprint density at radius 1 is 1.47 bits per heavy atom. The van der Waals surface area contributed by atoms with Crippen molar-refractivity contribution in [2.75, 3.05) is 13.2 Å². The lowest BCUT2D eigenvalue weighted by molar-refractivity contribution is -0.425. The molecule has 1 aromatic rings. The number of rotatable bonds is 3. The zero-order chi connectivity index (χ0) is 13.8. The van der Waals surface area contributed by atoms with Gasteiger partial charge < -0.3 is 9.47 Å². The number of hydrogen-bond acceptors (Lipinski definition) is 4. The zero-order valence-corrected chi connectivity index (χ0v) is 11.3. The summed E-state index contributed by atoms with van der Waals surface area (Å²) >= 11 is 6.12. The Bertz CT molecular complexity index is 528. The second-order valence-electron chi connectivity index (χ2n) is 4.13. The highest BCUT2D eigenvalue weighted by molar-refractivity contribution is 6.32. The highest BCUT2D eigenvalue weighted by Crippen LogP contribution is 2.38. The molecule has 0 bridgehead atoms. The number of nitrogens with zero attached hydrogens (tertiary/aromatic N) is 1. The molecule has 1 heterocycles. The lowest BCUT2D eigenvalue weighted by Crippen LogP contribution is -1.97. The van der Waals surface area contributed by atoms with E-state index in [9.17, 15) is 10.1 Å². The summed E-state index contributed by atoms with van der Waals surface area (Å²) < 4.78 is 11.0.